The Morgan fingerprint density at radius 1 is 1.18 bits per heavy atom. The van der Waals surface area contributed by atoms with Crippen molar-refractivity contribution in [3.63, 3.8) is 0 Å². The number of imidazole rings is 1. The third-order valence-electron chi connectivity index (χ3n) is 4.96. The Bertz CT molecular complexity index is 962. The third kappa shape index (κ3) is 3.55. The average Bonchev–Trinajstić information content (AvgIpc) is 3.36. The van der Waals surface area contributed by atoms with E-state index in [0.29, 0.717) is 25.2 Å². The number of para-hydroxylation sites is 2. The average molecular weight is 377 g/mol. The second-order valence-electron chi connectivity index (χ2n) is 6.86. The van der Waals surface area contributed by atoms with E-state index >= 15 is 0 Å². The highest BCUT2D eigenvalue weighted by molar-refractivity contribution is 5.97. The summed E-state index contributed by atoms with van der Waals surface area (Å²) in [7, 11) is 0. The van der Waals surface area contributed by atoms with Crippen LogP contribution in [0.2, 0.25) is 0 Å². The Labute approximate surface area is 163 Å². The molecule has 1 aromatic heterocycles. The molecular formula is C21H23N5O2. The third-order valence-corrected chi connectivity index (χ3v) is 4.96. The van der Waals surface area contributed by atoms with Crippen LogP contribution >= 0.6 is 0 Å². The molecule has 7 heteroatoms. The van der Waals surface area contributed by atoms with Gasteiger partial charge in [0.05, 0.1) is 11.0 Å². The highest BCUT2D eigenvalue weighted by Gasteiger charge is 2.33. The lowest BCUT2D eigenvalue weighted by Gasteiger charge is -2.24. The number of hydrogen-bond acceptors (Lipinski definition) is 3. The predicted molar refractivity (Wildman–Crippen MR) is 109 cm³/mol. The second-order valence-corrected chi connectivity index (χ2v) is 6.86. The Morgan fingerprint density at radius 3 is 2.71 bits per heavy atom. The van der Waals surface area contributed by atoms with Crippen molar-refractivity contribution in [1.82, 2.24) is 20.2 Å². The van der Waals surface area contributed by atoms with Crippen LogP contribution < -0.4 is 10.6 Å². The van der Waals surface area contributed by atoms with E-state index in [1.54, 1.807) is 4.90 Å². The SMILES string of the molecule is CCNC(=O)N1CCCC1C(=O)Nc1ccc(-c2nc3ccccc3[nH]2)cc1. The van der Waals surface area contributed by atoms with Gasteiger partial charge in [0.1, 0.15) is 11.9 Å². The lowest BCUT2D eigenvalue weighted by molar-refractivity contribution is -0.119. The summed E-state index contributed by atoms with van der Waals surface area (Å²) < 4.78 is 0. The predicted octanol–water partition coefficient (Wildman–Crippen LogP) is 3.36. The molecule has 1 saturated heterocycles. The van der Waals surface area contributed by atoms with E-state index in [4.69, 9.17) is 0 Å². The number of urea groups is 1. The van der Waals surface area contributed by atoms with E-state index in [1.165, 1.54) is 0 Å². The van der Waals surface area contributed by atoms with E-state index in [0.717, 1.165) is 28.8 Å². The van der Waals surface area contributed by atoms with Gasteiger partial charge in [0.15, 0.2) is 0 Å². The number of benzene rings is 2. The molecule has 0 aliphatic carbocycles. The van der Waals surface area contributed by atoms with Gasteiger partial charge in [-0.05, 0) is 56.2 Å². The molecule has 1 atom stereocenters. The summed E-state index contributed by atoms with van der Waals surface area (Å²) in [5.41, 5.74) is 3.55. The van der Waals surface area contributed by atoms with Gasteiger partial charge in [0, 0.05) is 24.3 Å². The number of H-pyrrole nitrogens is 1. The summed E-state index contributed by atoms with van der Waals surface area (Å²) in [6, 6.07) is 14.8. The molecule has 2 heterocycles. The molecule has 144 valence electrons. The van der Waals surface area contributed by atoms with E-state index in [9.17, 15) is 9.59 Å². The second kappa shape index (κ2) is 7.72. The topological polar surface area (TPSA) is 90.1 Å². The van der Waals surface area contributed by atoms with Crippen molar-refractivity contribution in [1.29, 1.82) is 0 Å². The van der Waals surface area contributed by atoms with Crippen molar-refractivity contribution in [2.75, 3.05) is 18.4 Å². The normalized spacial score (nSPS) is 16.3. The molecule has 1 fully saturated rings. The van der Waals surface area contributed by atoms with Gasteiger partial charge in [-0.1, -0.05) is 12.1 Å². The monoisotopic (exact) mass is 377 g/mol. The first-order valence-electron chi connectivity index (χ1n) is 9.56. The van der Waals surface area contributed by atoms with Crippen LogP contribution in [0.3, 0.4) is 0 Å². The van der Waals surface area contributed by atoms with Crippen LogP contribution in [0.4, 0.5) is 10.5 Å². The fourth-order valence-corrected chi connectivity index (χ4v) is 3.56. The largest absolute Gasteiger partial charge is 0.338 e. The van der Waals surface area contributed by atoms with Crippen LogP contribution in [-0.4, -0.2) is 45.9 Å². The summed E-state index contributed by atoms with van der Waals surface area (Å²) in [5.74, 6) is 0.637. The Morgan fingerprint density at radius 2 is 1.96 bits per heavy atom. The van der Waals surface area contributed by atoms with Crippen LogP contribution in [0.1, 0.15) is 19.8 Å². The Kier molecular flexibility index (Phi) is 4.97. The minimum Gasteiger partial charge on any atom is -0.338 e. The molecule has 0 saturated carbocycles. The smallest absolute Gasteiger partial charge is 0.318 e. The number of anilines is 1. The standard InChI is InChI=1S/C21H23N5O2/c1-2-22-21(28)26-13-5-8-18(26)20(27)23-15-11-9-14(10-12-15)19-24-16-6-3-4-7-17(16)25-19/h3-4,6-7,9-12,18H,2,5,8,13H2,1H3,(H,22,28)(H,23,27)(H,24,25). The van der Waals surface area contributed by atoms with Gasteiger partial charge < -0.3 is 20.5 Å². The molecule has 1 aliphatic rings. The highest BCUT2D eigenvalue weighted by Crippen LogP contribution is 2.23. The summed E-state index contributed by atoms with van der Waals surface area (Å²) in [4.78, 5) is 34.3. The first-order valence-corrected chi connectivity index (χ1v) is 9.56. The van der Waals surface area contributed by atoms with Crippen LogP contribution in [-0.2, 0) is 4.79 Å². The molecule has 2 aromatic carbocycles. The zero-order chi connectivity index (χ0) is 19.5. The summed E-state index contributed by atoms with van der Waals surface area (Å²) in [6.07, 6.45) is 1.51. The number of nitrogens with zero attached hydrogens (tertiary/aromatic N) is 2. The van der Waals surface area contributed by atoms with Crippen molar-refractivity contribution in [3.05, 3.63) is 48.5 Å². The number of carbonyl (C=O) groups is 2. The van der Waals surface area contributed by atoms with Crippen molar-refractivity contribution in [2.24, 2.45) is 0 Å². The number of aromatic amines is 1. The molecule has 3 amide bonds. The molecule has 3 aromatic rings. The van der Waals surface area contributed by atoms with Crippen LogP contribution in [0.5, 0.6) is 0 Å². The quantitative estimate of drug-likeness (QED) is 0.651. The van der Waals surface area contributed by atoms with E-state index in [-0.39, 0.29) is 11.9 Å². The summed E-state index contributed by atoms with van der Waals surface area (Å²) in [6.45, 7) is 3.02. The van der Waals surface area contributed by atoms with Crippen molar-refractivity contribution >= 4 is 28.7 Å². The van der Waals surface area contributed by atoms with Gasteiger partial charge in [0.25, 0.3) is 0 Å². The lowest BCUT2D eigenvalue weighted by Crippen LogP contribution is -2.47. The van der Waals surface area contributed by atoms with Gasteiger partial charge in [-0.2, -0.15) is 0 Å². The Hall–Kier alpha value is -3.35. The molecule has 7 nitrogen and oxygen atoms in total. The highest BCUT2D eigenvalue weighted by atomic mass is 16.2. The summed E-state index contributed by atoms with van der Waals surface area (Å²) >= 11 is 0. The van der Waals surface area contributed by atoms with Gasteiger partial charge in [-0.3, -0.25) is 4.79 Å². The number of fused-ring (bicyclic) bond motifs is 1. The molecule has 1 aliphatic heterocycles. The van der Waals surface area contributed by atoms with Gasteiger partial charge in [-0.15, -0.1) is 0 Å². The first kappa shape index (κ1) is 18.0. The van der Waals surface area contributed by atoms with Gasteiger partial charge >= 0.3 is 6.03 Å². The summed E-state index contributed by atoms with van der Waals surface area (Å²) in [5, 5.41) is 5.69. The van der Waals surface area contributed by atoms with E-state index in [1.807, 2.05) is 55.5 Å². The molecule has 4 rings (SSSR count). The molecular weight excluding hydrogens is 354 g/mol. The maximum absolute atomic E-state index is 12.7. The number of aromatic nitrogens is 2. The van der Waals surface area contributed by atoms with Crippen LogP contribution in [0.25, 0.3) is 22.4 Å². The molecule has 0 spiro atoms. The fourth-order valence-electron chi connectivity index (χ4n) is 3.56. The zero-order valence-corrected chi connectivity index (χ0v) is 15.7. The number of likely N-dealkylation sites (tertiary alicyclic amines) is 1. The van der Waals surface area contributed by atoms with Crippen molar-refractivity contribution < 1.29 is 9.59 Å². The van der Waals surface area contributed by atoms with Crippen molar-refractivity contribution in [3.8, 4) is 11.4 Å². The molecule has 0 radical (unpaired) electrons. The van der Waals surface area contributed by atoms with Crippen molar-refractivity contribution in [2.45, 2.75) is 25.8 Å². The van der Waals surface area contributed by atoms with E-state index < -0.39 is 6.04 Å². The maximum Gasteiger partial charge on any atom is 0.318 e. The zero-order valence-electron chi connectivity index (χ0n) is 15.7. The van der Waals surface area contributed by atoms with E-state index in [2.05, 4.69) is 20.6 Å². The molecule has 28 heavy (non-hydrogen) atoms. The number of carbonyl (C=O) groups excluding carboxylic acids is 2. The van der Waals surface area contributed by atoms with Gasteiger partial charge in [0.2, 0.25) is 5.91 Å². The van der Waals surface area contributed by atoms with Crippen LogP contribution in [0, 0.1) is 0 Å². The number of hydrogen-bond donors (Lipinski definition) is 3. The lowest BCUT2D eigenvalue weighted by atomic mass is 10.1. The first-order chi connectivity index (χ1) is 13.7. The maximum atomic E-state index is 12.7. The molecule has 3 N–H and O–H groups in total. The minimum absolute atomic E-state index is 0.153. The molecule has 0 bridgehead atoms. The Balaban J connectivity index is 1.45. The fraction of sp³-hybridized carbons (Fsp3) is 0.286. The minimum atomic E-state index is -0.429. The number of rotatable bonds is 4. The number of amides is 3. The number of nitrogens with one attached hydrogen (secondary N) is 3. The van der Waals surface area contributed by atoms with Crippen LogP contribution in [0.15, 0.2) is 48.5 Å². The van der Waals surface area contributed by atoms with Gasteiger partial charge in [-0.25, -0.2) is 9.78 Å². The molecule has 1 unspecified atom stereocenters.